The predicted molar refractivity (Wildman–Crippen MR) is 181 cm³/mol. The lowest BCUT2D eigenvalue weighted by Crippen LogP contribution is -2.54. The molecular weight excluding hydrogens is 585 g/mol. The van der Waals surface area contributed by atoms with Gasteiger partial charge in [-0.3, -0.25) is 13.8 Å². The van der Waals surface area contributed by atoms with Crippen molar-refractivity contribution in [1.82, 2.24) is 0 Å². The van der Waals surface area contributed by atoms with Crippen LogP contribution in [-0.4, -0.2) is 62.4 Å². The van der Waals surface area contributed by atoms with E-state index in [0.717, 1.165) is 60.7 Å². The van der Waals surface area contributed by atoms with Gasteiger partial charge in [0.05, 0.1) is 34.2 Å². The Morgan fingerprint density at radius 2 is 1.58 bits per heavy atom. The highest BCUT2D eigenvalue weighted by atomic mass is 31.2. The second-order valence-electron chi connectivity index (χ2n) is 17.6. The molecule has 0 spiro atoms. The summed E-state index contributed by atoms with van der Waals surface area (Å²) in [6.45, 7) is 15.5. The van der Waals surface area contributed by atoms with Crippen LogP contribution >= 0.6 is 7.82 Å². The summed E-state index contributed by atoms with van der Waals surface area (Å²) in [6, 6.07) is 0. The standard InChI is InChI=1S/C37H68NO6P/c1-10-28(26(2)3)12-11-27(4)32-15-16-33-31-14-13-29-25-30(17-20-36(29,5)34(31)18-21-37(32,33)6)44-35(39)19-23-42-45(40,41)43-24-22-38(7,8)9/h26-34H,10-25H2,1-9H3/p+1/t27-,28-,29?,30?,31+,32-,33+,34+,36+,37-/m1/s1. The SMILES string of the molecule is CC[C@H](CC[C@@H](C)[C@H]1CC[C@H]2[C@@H]3CCC4CC(OC(=O)CCOP(=O)(O)OCC[N+](C)(C)C)CC[C@]4(C)[C@H]3CC[C@]12C)C(C)C. The molecule has 0 amide bonds. The Kier molecular flexibility index (Phi) is 12.4. The molecule has 1 N–H and O–H groups in total. The molecule has 0 radical (unpaired) electrons. The molecule has 0 saturated heterocycles. The lowest BCUT2D eigenvalue weighted by molar-refractivity contribution is -0.870. The van der Waals surface area contributed by atoms with Crippen molar-refractivity contribution in [1.29, 1.82) is 0 Å². The van der Waals surface area contributed by atoms with E-state index in [0.29, 0.717) is 27.8 Å². The van der Waals surface area contributed by atoms with E-state index in [1.807, 2.05) is 21.1 Å². The van der Waals surface area contributed by atoms with Gasteiger partial charge in [0, 0.05) is 0 Å². The van der Waals surface area contributed by atoms with Gasteiger partial charge in [0.1, 0.15) is 19.3 Å². The molecule has 8 heteroatoms. The average Bonchev–Trinajstić information content (AvgIpc) is 3.29. The van der Waals surface area contributed by atoms with Crippen molar-refractivity contribution < 1.29 is 32.5 Å². The molecule has 4 fully saturated rings. The zero-order valence-corrected chi connectivity index (χ0v) is 31.3. The Morgan fingerprint density at radius 1 is 0.911 bits per heavy atom. The van der Waals surface area contributed by atoms with Crippen LogP contribution in [0.1, 0.15) is 125 Å². The summed E-state index contributed by atoms with van der Waals surface area (Å²) in [6.07, 6.45) is 15.2. The summed E-state index contributed by atoms with van der Waals surface area (Å²) in [5.74, 6) is 6.17. The molecule has 4 aliphatic rings. The molecule has 4 saturated carbocycles. The monoisotopic (exact) mass is 654 g/mol. The van der Waals surface area contributed by atoms with E-state index in [-0.39, 0.29) is 31.7 Å². The van der Waals surface area contributed by atoms with Crippen LogP contribution < -0.4 is 0 Å². The first-order valence-corrected chi connectivity index (χ1v) is 20.1. The van der Waals surface area contributed by atoms with Gasteiger partial charge in [-0.05, 0) is 122 Å². The fourth-order valence-corrected chi connectivity index (χ4v) is 11.7. The van der Waals surface area contributed by atoms with Crippen LogP contribution in [0.4, 0.5) is 0 Å². The number of rotatable bonds is 15. The minimum atomic E-state index is -4.17. The van der Waals surface area contributed by atoms with E-state index in [1.165, 1.54) is 57.8 Å². The second-order valence-corrected chi connectivity index (χ2v) is 19.1. The van der Waals surface area contributed by atoms with Crippen LogP contribution in [-0.2, 0) is 23.1 Å². The van der Waals surface area contributed by atoms with Crippen molar-refractivity contribution in [2.75, 3.05) is 40.9 Å². The number of phosphoric acid groups is 1. The normalized spacial score (nSPS) is 37.7. The molecule has 262 valence electrons. The molecule has 0 aromatic carbocycles. The number of nitrogens with zero attached hydrogens (tertiary/aromatic N) is 1. The second kappa shape index (κ2) is 15.0. The molecular formula is C37H69NO6P+. The first-order chi connectivity index (χ1) is 21.0. The largest absolute Gasteiger partial charge is 0.472 e. The summed E-state index contributed by atoms with van der Waals surface area (Å²) >= 11 is 0. The Morgan fingerprint density at radius 3 is 2.24 bits per heavy atom. The van der Waals surface area contributed by atoms with E-state index in [9.17, 15) is 14.3 Å². The smallest absolute Gasteiger partial charge is 0.462 e. The average molecular weight is 655 g/mol. The number of esters is 1. The summed E-state index contributed by atoms with van der Waals surface area (Å²) in [5.41, 5.74) is 0.853. The van der Waals surface area contributed by atoms with Gasteiger partial charge in [-0.1, -0.05) is 54.4 Å². The minimum absolute atomic E-state index is 0.0389. The van der Waals surface area contributed by atoms with E-state index < -0.39 is 7.82 Å². The number of phosphoric ester groups is 1. The van der Waals surface area contributed by atoms with E-state index in [1.54, 1.807) is 0 Å². The lowest BCUT2D eigenvalue weighted by atomic mass is 9.44. The first kappa shape index (κ1) is 37.4. The van der Waals surface area contributed by atoms with Crippen molar-refractivity contribution in [3.05, 3.63) is 0 Å². The highest BCUT2D eigenvalue weighted by Gasteiger charge is 2.60. The molecule has 4 rings (SSSR count). The number of hydrogen-bond acceptors (Lipinski definition) is 5. The highest BCUT2D eigenvalue weighted by Crippen LogP contribution is 2.68. The van der Waals surface area contributed by atoms with E-state index in [2.05, 4.69) is 41.5 Å². The third kappa shape index (κ3) is 8.97. The molecule has 11 atom stereocenters. The van der Waals surface area contributed by atoms with Gasteiger partial charge >= 0.3 is 13.8 Å². The number of carbonyl (C=O) groups excluding carboxylic acids is 1. The fraction of sp³-hybridized carbons (Fsp3) is 0.973. The van der Waals surface area contributed by atoms with Crippen molar-refractivity contribution in [3.63, 3.8) is 0 Å². The first-order valence-electron chi connectivity index (χ1n) is 18.6. The number of quaternary nitrogens is 1. The van der Waals surface area contributed by atoms with Gasteiger partial charge in [-0.25, -0.2) is 4.57 Å². The Hall–Kier alpha value is -0.460. The summed E-state index contributed by atoms with van der Waals surface area (Å²) in [5, 5.41) is 0. The summed E-state index contributed by atoms with van der Waals surface area (Å²) in [7, 11) is 1.77. The molecule has 0 bridgehead atoms. The van der Waals surface area contributed by atoms with Crippen LogP contribution in [0.2, 0.25) is 0 Å². The van der Waals surface area contributed by atoms with Crippen molar-refractivity contribution in [2.24, 2.45) is 58.2 Å². The molecule has 3 unspecified atom stereocenters. The number of carbonyl (C=O) groups is 1. The maximum Gasteiger partial charge on any atom is 0.472 e. The van der Waals surface area contributed by atoms with Crippen LogP contribution in [0.25, 0.3) is 0 Å². The zero-order valence-electron chi connectivity index (χ0n) is 30.4. The quantitative estimate of drug-likeness (QED) is 0.108. The molecule has 4 aliphatic carbocycles. The number of ether oxygens (including phenoxy) is 1. The van der Waals surface area contributed by atoms with E-state index >= 15 is 0 Å². The summed E-state index contributed by atoms with van der Waals surface area (Å²) < 4.78 is 28.8. The van der Waals surface area contributed by atoms with Crippen LogP contribution in [0.15, 0.2) is 0 Å². The van der Waals surface area contributed by atoms with Gasteiger partial charge in [0.15, 0.2) is 0 Å². The maximum absolute atomic E-state index is 12.7. The third-order valence-electron chi connectivity index (χ3n) is 13.7. The topological polar surface area (TPSA) is 82.1 Å². The van der Waals surface area contributed by atoms with Gasteiger partial charge < -0.3 is 14.1 Å². The molecule has 0 aromatic heterocycles. The Balaban J connectivity index is 1.26. The zero-order chi connectivity index (χ0) is 33.2. The van der Waals surface area contributed by atoms with Gasteiger partial charge in [-0.2, -0.15) is 0 Å². The third-order valence-corrected chi connectivity index (χ3v) is 14.7. The number of hydrogen-bond donors (Lipinski definition) is 1. The summed E-state index contributed by atoms with van der Waals surface area (Å²) in [4.78, 5) is 22.6. The number of fused-ring (bicyclic) bond motifs is 5. The maximum atomic E-state index is 12.7. The minimum Gasteiger partial charge on any atom is -0.462 e. The van der Waals surface area contributed by atoms with Gasteiger partial charge in [0.2, 0.25) is 0 Å². The molecule has 0 aromatic rings. The highest BCUT2D eigenvalue weighted by molar-refractivity contribution is 7.47. The molecule has 0 heterocycles. The van der Waals surface area contributed by atoms with Crippen molar-refractivity contribution in [2.45, 2.75) is 131 Å². The molecule has 45 heavy (non-hydrogen) atoms. The Bertz CT molecular complexity index is 1030. The fourth-order valence-electron chi connectivity index (χ4n) is 10.9. The van der Waals surface area contributed by atoms with E-state index in [4.69, 9.17) is 13.8 Å². The van der Waals surface area contributed by atoms with Crippen LogP contribution in [0, 0.1) is 58.2 Å². The van der Waals surface area contributed by atoms with Gasteiger partial charge in [0.25, 0.3) is 0 Å². The number of likely N-dealkylation sites (N-methyl/N-ethyl adjacent to an activating group) is 1. The van der Waals surface area contributed by atoms with Crippen molar-refractivity contribution >= 4 is 13.8 Å². The Labute approximate surface area is 276 Å². The van der Waals surface area contributed by atoms with Crippen LogP contribution in [0.5, 0.6) is 0 Å². The predicted octanol–water partition coefficient (Wildman–Crippen LogP) is 8.89. The lowest BCUT2D eigenvalue weighted by Gasteiger charge is -2.61. The van der Waals surface area contributed by atoms with Gasteiger partial charge in [-0.15, -0.1) is 0 Å². The van der Waals surface area contributed by atoms with Crippen LogP contribution in [0.3, 0.4) is 0 Å². The molecule has 7 nitrogen and oxygen atoms in total. The van der Waals surface area contributed by atoms with Crippen molar-refractivity contribution in [3.8, 4) is 0 Å². The molecule has 0 aliphatic heterocycles.